The first kappa shape index (κ1) is 19.6. The molecule has 0 saturated carbocycles. The van der Waals surface area contributed by atoms with Crippen molar-refractivity contribution in [2.24, 2.45) is 0 Å². The van der Waals surface area contributed by atoms with Gasteiger partial charge in [-0.1, -0.05) is 18.2 Å². The van der Waals surface area contributed by atoms with Crippen molar-refractivity contribution in [1.82, 2.24) is 9.55 Å². The summed E-state index contributed by atoms with van der Waals surface area (Å²) in [5, 5.41) is 0.529. The number of para-hydroxylation sites is 1. The number of ketones is 1. The van der Waals surface area contributed by atoms with Gasteiger partial charge in [-0.2, -0.15) is 0 Å². The van der Waals surface area contributed by atoms with Gasteiger partial charge in [0.05, 0.1) is 23.3 Å². The van der Waals surface area contributed by atoms with E-state index in [1.54, 1.807) is 24.4 Å². The molecule has 0 fully saturated rings. The lowest BCUT2D eigenvalue weighted by Crippen LogP contribution is -2.20. The Morgan fingerprint density at radius 2 is 1.70 bits per heavy atom. The van der Waals surface area contributed by atoms with E-state index < -0.39 is 0 Å². The second-order valence-electron chi connectivity index (χ2n) is 7.56. The van der Waals surface area contributed by atoms with Gasteiger partial charge < -0.3 is 9.47 Å². The normalized spacial score (nSPS) is 10.9. The fourth-order valence-electron chi connectivity index (χ4n) is 3.57. The minimum absolute atomic E-state index is 0.166. The van der Waals surface area contributed by atoms with Gasteiger partial charge in [0.25, 0.3) is 0 Å². The van der Waals surface area contributed by atoms with Crippen LogP contribution in [0.1, 0.15) is 27.3 Å². The maximum Gasteiger partial charge on any atom is 0.200 e. The van der Waals surface area contributed by atoms with Crippen molar-refractivity contribution in [3.05, 3.63) is 106 Å². The van der Waals surface area contributed by atoms with Crippen molar-refractivity contribution in [3.8, 4) is 0 Å². The lowest BCUT2D eigenvalue weighted by atomic mass is 10.0. The topological polar surface area (TPSA) is 55.2 Å². The molecule has 5 nitrogen and oxygen atoms in total. The molecule has 0 spiro atoms. The zero-order valence-electron chi connectivity index (χ0n) is 17.3. The summed E-state index contributed by atoms with van der Waals surface area (Å²) in [6.07, 6.45) is 1.66. The molecule has 4 rings (SSSR count). The summed E-state index contributed by atoms with van der Waals surface area (Å²) in [7, 11) is 3.89. The molecule has 0 radical (unpaired) electrons. The van der Waals surface area contributed by atoms with Gasteiger partial charge in [0.1, 0.15) is 0 Å². The summed E-state index contributed by atoms with van der Waals surface area (Å²) in [6.45, 7) is 2.42. The molecule has 0 unspecified atom stereocenters. The summed E-state index contributed by atoms with van der Waals surface area (Å²) in [4.78, 5) is 32.9. The maximum atomic E-state index is 13.2. The highest BCUT2D eigenvalue weighted by molar-refractivity contribution is 6.10. The monoisotopic (exact) mass is 397 g/mol. The summed E-state index contributed by atoms with van der Waals surface area (Å²) < 4.78 is 1.93. The Morgan fingerprint density at radius 3 is 2.40 bits per heavy atom. The van der Waals surface area contributed by atoms with E-state index in [0.717, 1.165) is 22.6 Å². The molecule has 0 aliphatic heterocycles. The number of aromatic nitrogens is 2. The highest BCUT2D eigenvalue weighted by Crippen LogP contribution is 2.18. The van der Waals surface area contributed by atoms with Crippen LogP contribution in [0.3, 0.4) is 0 Å². The molecule has 0 saturated heterocycles. The van der Waals surface area contributed by atoms with Crippen molar-refractivity contribution in [1.29, 1.82) is 0 Å². The van der Waals surface area contributed by atoms with Crippen LogP contribution in [-0.4, -0.2) is 29.4 Å². The Kier molecular flexibility index (Phi) is 5.19. The van der Waals surface area contributed by atoms with Crippen LogP contribution in [-0.2, 0) is 6.54 Å². The van der Waals surface area contributed by atoms with E-state index in [1.165, 1.54) is 0 Å². The van der Waals surface area contributed by atoms with E-state index in [-0.39, 0.29) is 16.8 Å². The lowest BCUT2D eigenvalue weighted by molar-refractivity contribution is 0.103. The predicted molar refractivity (Wildman–Crippen MR) is 120 cm³/mol. The Morgan fingerprint density at radius 1 is 0.967 bits per heavy atom. The fourth-order valence-corrected chi connectivity index (χ4v) is 3.57. The van der Waals surface area contributed by atoms with Crippen LogP contribution in [0.5, 0.6) is 0 Å². The minimum atomic E-state index is -0.276. The molecule has 2 aromatic heterocycles. The number of fused-ring (bicyclic) bond motifs is 1. The molecule has 0 aliphatic rings. The van der Waals surface area contributed by atoms with Crippen LogP contribution >= 0.6 is 0 Å². The number of pyridine rings is 2. The maximum absolute atomic E-state index is 13.2. The quantitative estimate of drug-likeness (QED) is 0.477. The van der Waals surface area contributed by atoms with Crippen molar-refractivity contribution < 1.29 is 4.79 Å². The summed E-state index contributed by atoms with van der Waals surface area (Å²) in [5.41, 5.74) is 3.99. The van der Waals surface area contributed by atoms with Gasteiger partial charge in [0.15, 0.2) is 5.78 Å². The molecular weight excluding hydrogens is 374 g/mol. The van der Waals surface area contributed by atoms with Crippen molar-refractivity contribution in [3.63, 3.8) is 0 Å². The van der Waals surface area contributed by atoms with E-state index >= 15 is 0 Å². The number of nitrogens with zero attached hydrogens (tertiary/aromatic N) is 3. The Hall–Kier alpha value is -3.73. The molecule has 2 heterocycles. The first-order chi connectivity index (χ1) is 14.4. The molecule has 0 aliphatic carbocycles. The summed E-state index contributed by atoms with van der Waals surface area (Å²) in [6, 6.07) is 20.5. The molecule has 2 aromatic carbocycles. The Balaban J connectivity index is 1.82. The second kappa shape index (κ2) is 7.95. The molecule has 30 heavy (non-hydrogen) atoms. The lowest BCUT2D eigenvalue weighted by Gasteiger charge is -2.14. The number of carbonyl (C=O) groups is 1. The van der Waals surface area contributed by atoms with Gasteiger partial charge in [-0.3, -0.25) is 14.6 Å². The van der Waals surface area contributed by atoms with E-state index in [2.05, 4.69) is 4.98 Å². The van der Waals surface area contributed by atoms with Gasteiger partial charge in [0, 0.05) is 42.6 Å². The van der Waals surface area contributed by atoms with Gasteiger partial charge in [-0.25, -0.2) is 0 Å². The average Bonchev–Trinajstić information content (AvgIpc) is 2.75. The van der Waals surface area contributed by atoms with E-state index in [0.29, 0.717) is 17.5 Å². The van der Waals surface area contributed by atoms with Crippen LogP contribution < -0.4 is 10.3 Å². The molecule has 150 valence electrons. The van der Waals surface area contributed by atoms with Crippen LogP contribution in [0.15, 0.2) is 77.7 Å². The zero-order chi connectivity index (χ0) is 21.3. The third kappa shape index (κ3) is 3.74. The third-order valence-corrected chi connectivity index (χ3v) is 5.16. The largest absolute Gasteiger partial charge is 0.378 e. The molecule has 0 bridgehead atoms. The first-order valence-electron chi connectivity index (χ1n) is 9.81. The number of rotatable bonds is 5. The van der Waals surface area contributed by atoms with Gasteiger partial charge >= 0.3 is 0 Å². The number of aryl methyl sites for hydroxylation is 1. The summed E-state index contributed by atoms with van der Waals surface area (Å²) >= 11 is 0. The Labute approximate surface area is 175 Å². The minimum Gasteiger partial charge on any atom is -0.378 e. The van der Waals surface area contributed by atoms with Crippen LogP contribution in [0, 0.1) is 6.92 Å². The van der Waals surface area contributed by atoms with Crippen LogP contribution in [0.2, 0.25) is 0 Å². The molecule has 0 amide bonds. The second-order valence-corrected chi connectivity index (χ2v) is 7.56. The fraction of sp³-hybridized carbons (Fsp3) is 0.160. The van der Waals surface area contributed by atoms with Gasteiger partial charge in [0.2, 0.25) is 5.43 Å². The number of anilines is 1. The zero-order valence-corrected chi connectivity index (χ0v) is 17.3. The highest BCUT2D eigenvalue weighted by atomic mass is 16.1. The number of hydrogen-bond donors (Lipinski definition) is 0. The SMILES string of the molecule is Cc1cccc(Cn2cc(C(=O)c3ccc(N(C)C)cc3)c(=O)c3ccccc32)n1. The molecule has 0 N–H and O–H groups in total. The van der Waals surface area contributed by atoms with Crippen LogP contribution in [0.4, 0.5) is 5.69 Å². The van der Waals surface area contributed by atoms with Crippen molar-refractivity contribution >= 4 is 22.4 Å². The Bertz CT molecular complexity index is 1290. The predicted octanol–water partition coefficient (Wildman–Crippen LogP) is 4.05. The third-order valence-electron chi connectivity index (χ3n) is 5.16. The molecule has 0 atom stereocenters. The summed E-state index contributed by atoms with van der Waals surface area (Å²) in [5.74, 6) is -0.276. The molecular formula is C25H23N3O2. The first-order valence-corrected chi connectivity index (χ1v) is 9.81. The number of benzene rings is 2. The number of carbonyl (C=O) groups excluding carboxylic acids is 1. The van der Waals surface area contributed by atoms with Crippen LogP contribution in [0.25, 0.3) is 10.9 Å². The van der Waals surface area contributed by atoms with Gasteiger partial charge in [-0.15, -0.1) is 0 Å². The van der Waals surface area contributed by atoms with E-state index in [9.17, 15) is 9.59 Å². The molecule has 5 heteroatoms. The molecule has 4 aromatic rings. The standard InChI is InChI=1S/C25H23N3O2/c1-17-7-6-8-19(26-17)15-28-16-22(25(30)21-9-4-5-10-23(21)28)24(29)18-11-13-20(14-12-18)27(2)3/h4-14,16H,15H2,1-3H3. The average molecular weight is 397 g/mol. The highest BCUT2D eigenvalue weighted by Gasteiger charge is 2.17. The van der Waals surface area contributed by atoms with Crippen molar-refractivity contribution in [2.75, 3.05) is 19.0 Å². The number of hydrogen-bond acceptors (Lipinski definition) is 4. The van der Waals surface area contributed by atoms with E-state index in [4.69, 9.17) is 0 Å². The van der Waals surface area contributed by atoms with Gasteiger partial charge in [-0.05, 0) is 55.5 Å². The van der Waals surface area contributed by atoms with Crippen molar-refractivity contribution in [2.45, 2.75) is 13.5 Å². The van der Waals surface area contributed by atoms with E-state index in [1.807, 2.05) is 79.0 Å². The smallest absolute Gasteiger partial charge is 0.200 e.